The predicted molar refractivity (Wildman–Crippen MR) is 63.3 cm³/mol. The second kappa shape index (κ2) is 5.69. The normalized spacial score (nSPS) is 10.6. The van der Waals surface area contributed by atoms with Gasteiger partial charge >= 0.3 is 0 Å². The molecule has 2 aromatic carbocycles. The highest BCUT2D eigenvalue weighted by molar-refractivity contribution is 5.19. The monoisotopic (exact) mass is 251 g/mol. The second-order valence-electron chi connectivity index (χ2n) is 3.97. The van der Waals surface area contributed by atoms with Crippen LogP contribution in [-0.2, 0) is 13.1 Å². The third-order valence-electron chi connectivity index (χ3n) is 2.55. The van der Waals surface area contributed by atoms with E-state index in [0.717, 1.165) is 11.6 Å². The first kappa shape index (κ1) is 12.6. The van der Waals surface area contributed by atoms with E-state index in [1.807, 2.05) is 0 Å². The van der Waals surface area contributed by atoms with Crippen molar-refractivity contribution in [1.29, 1.82) is 0 Å². The minimum Gasteiger partial charge on any atom is -0.309 e. The smallest absolute Gasteiger partial charge is 0.130 e. The van der Waals surface area contributed by atoms with Crippen LogP contribution in [0, 0.1) is 17.5 Å². The average molecular weight is 251 g/mol. The van der Waals surface area contributed by atoms with E-state index in [-0.39, 0.29) is 12.4 Å². The summed E-state index contributed by atoms with van der Waals surface area (Å²) in [4.78, 5) is 0. The lowest BCUT2D eigenvalue weighted by molar-refractivity contribution is 0.559. The minimum atomic E-state index is -0.596. The van der Waals surface area contributed by atoms with Gasteiger partial charge in [0.05, 0.1) is 0 Å². The highest BCUT2D eigenvalue weighted by Gasteiger charge is 2.03. The molecule has 0 aliphatic carbocycles. The molecule has 0 atom stereocenters. The molecule has 0 heterocycles. The molecule has 94 valence electrons. The van der Waals surface area contributed by atoms with Crippen molar-refractivity contribution in [2.45, 2.75) is 13.1 Å². The summed E-state index contributed by atoms with van der Waals surface area (Å²) in [5.41, 5.74) is 1.16. The van der Waals surface area contributed by atoms with Crippen molar-refractivity contribution in [1.82, 2.24) is 5.32 Å². The van der Waals surface area contributed by atoms with E-state index < -0.39 is 11.6 Å². The van der Waals surface area contributed by atoms with Crippen molar-refractivity contribution in [2.75, 3.05) is 0 Å². The molecular weight excluding hydrogens is 239 g/mol. The summed E-state index contributed by atoms with van der Waals surface area (Å²) in [6.07, 6.45) is 0. The van der Waals surface area contributed by atoms with Gasteiger partial charge < -0.3 is 5.32 Å². The quantitative estimate of drug-likeness (QED) is 0.878. The molecule has 0 unspecified atom stereocenters. The van der Waals surface area contributed by atoms with Crippen LogP contribution in [0.1, 0.15) is 11.1 Å². The van der Waals surface area contributed by atoms with Crippen LogP contribution in [0.2, 0.25) is 0 Å². The van der Waals surface area contributed by atoms with Crippen LogP contribution in [0.15, 0.2) is 42.5 Å². The lowest BCUT2D eigenvalue weighted by Crippen LogP contribution is -2.13. The van der Waals surface area contributed by atoms with Gasteiger partial charge in [-0.25, -0.2) is 13.2 Å². The van der Waals surface area contributed by atoms with Crippen molar-refractivity contribution in [2.24, 2.45) is 0 Å². The molecule has 0 fully saturated rings. The SMILES string of the molecule is Fc1cccc(CNCc2ccc(F)cc2F)c1. The van der Waals surface area contributed by atoms with Crippen molar-refractivity contribution >= 4 is 0 Å². The van der Waals surface area contributed by atoms with Crippen LogP contribution in [0.4, 0.5) is 13.2 Å². The number of hydrogen-bond acceptors (Lipinski definition) is 1. The molecule has 0 aromatic heterocycles. The number of halogens is 3. The highest BCUT2D eigenvalue weighted by atomic mass is 19.1. The summed E-state index contributed by atoms with van der Waals surface area (Å²) in [6.45, 7) is 0.692. The van der Waals surface area contributed by atoms with Gasteiger partial charge in [0.1, 0.15) is 17.5 Å². The topological polar surface area (TPSA) is 12.0 Å². The summed E-state index contributed by atoms with van der Waals surface area (Å²) in [6, 6.07) is 9.61. The summed E-state index contributed by atoms with van der Waals surface area (Å²) in [5.74, 6) is -1.48. The van der Waals surface area contributed by atoms with Crippen LogP contribution in [0.25, 0.3) is 0 Å². The van der Waals surface area contributed by atoms with Gasteiger partial charge in [0, 0.05) is 24.7 Å². The fraction of sp³-hybridized carbons (Fsp3) is 0.143. The molecule has 2 aromatic rings. The molecule has 0 aliphatic rings. The minimum absolute atomic E-state index is 0.266. The third kappa shape index (κ3) is 3.34. The maximum absolute atomic E-state index is 13.3. The van der Waals surface area contributed by atoms with Gasteiger partial charge in [-0.2, -0.15) is 0 Å². The fourth-order valence-electron chi connectivity index (χ4n) is 1.65. The van der Waals surface area contributed by atoms with Crippen LogP contribution in [-0.4, -0.2) is 0 Å². The average Bonchev–Trinajstić information content (AvgIpc) is 2.32. The number of nitrogens with one attached hydrogen (secondary N) is 1. The van der Waals surface area contributed by atoms with E-state index in [0.29, 0.717) is 12.1 Å². The van der Waals surface area contributed by atoms with Crippen LogP contribution < -0.4 is 5.32 Å². The molecule has 0 saturated carbocycles. The van der Waals surface area contributed by atoms with Crippen molar-refractivity contribution < 1.29 is 13.2 Å². The van der Waals surface area contributed by atoms with Crippen LogP contribution >= 0.6 is 0 Å². The van der Waals surface area contributed by atoms with E-state index in [9.17, 15) is 13.2 Å². The number of hydrogen-bond donors (Lipinski definition) is 1. The summed E-state index contributed by atoms with van der Waals surface area (Å²) in [7, 11) is 0. The largest absolute Gasteiger partial charge is 0.309 e. The first-order valence-corrected chi connectivity index (χ1v) is 5.54. The Morgan fingerprint density at radius 1 is 0.833 bits per heavy atom. The number of rotatable bonds is 4. The highest BCUT2D eigenvalue weighted by Crippen LogP contribution is 2.09. The zero-order valence-corrected chi connectivity index (χ0v) is 9.59. The molecule has 1 N–H and O–H groups in total. The Morgan fingerprint density at radius 2 is 1.61 bits per heavy atom. The summed E-state index contributed by atoms with van der Waals surface area (Å²) in [5, 5.41) is 2.98. The molecule has 0 radical (unpaired) electrons. The van der Waals surface area contributed by atoms with E-state index in [4.69, 9.17) is 0 Å². The van der Waals surface area contributed by atoms with E-state index >= 15 is 0 Å². The molecule has 0 aliphatic heterocycles. The van der Waals surface area contributed by atoms with Crippen LogP contribution in [0.5, 0.6) is 0 Å². The molecule has 0 saturated heterocycles. The fourth-order valence-corrected chi connectivity index (χ4v) is 1.65. The molecular formula is C14H12F3N. The van der Waals surface area contributed by atoms with Gasteiger partial charge in [-0.05, 0) is 23.8 Å². The van der Waals surface area contributed by atoms with Crippen molar-refractivity contribution in [3.63, 3.8) is 0 Å². The first-order chi connectivity index (χ1) is 8.65. The lowest BCUT2D eigenvalue weighted by Gasteiger charge is -2.06. The molecule has 0 amide bonds. The molecule has 1 nitrogen and oxygen atoms in total. The number of benzene rings is 2. The van der Waals surface area contributed by atoms with Gasteiger partial charge in [-0.3, -0.25) is 0 Å². The predicted octanol–water partition coefficient (Wildman–Crippen LogP) is 3.39. The van der Waals surface area contributed by atoms with Gasteiger partial charge in [0.15, 0.2) is 0 Å². The zero-order chi connectivity index (χ0) is 13.0. The maximum atomic E-state index is 13.3. The molecule has 0 spiro atoms. The van der Waals surface area contributed by atoms with E-state index in [1.165, 1.54) is 24.3 Å². The van der Waals surface area contributed by atoms with Crippen molar-refractivity contribution in [3.05, 3.63) is 71.0 Å². The van der Waals surface area contributed by atoms with Crippen molar-refractivity contribution in [3.8, 4) is 0 Å². The van der Waals surface area contributed by atoms with Crippen LogP contribution in [0.3, 0.4) is 0 Å². The third-order valence-corrected chi connectivity index (χ3v) is 2.55. The lowest BCUT2D eigenvalue weighted by atomic mass is 10.2. The maximum Gasteiger partial charge on any atom is 0.130 e. The molecule has 0 bridgehead atoms. The van der Waals surface area contributed by atoms with E-state index in [1.54, 1.807) is 12.1 Å². The Hall–Kier alpha value is -1.81. The second-order valence-corrected chi connectivity index (χ2v) is 3.97. The molecule has 4 heteroatoms. The summed E-state index contributed by atoms with van der Waals surface area (Å²) < 4.78 is 38.9. The summed E-state index contributed by atoms with van der Waals surface area (Å²) >= 11 is 0. The van der Waals surface area contributed by atoms with Gasteiger partial charge in [-0.15, -0.1) is 0 Å². The van der Waals surface area contributed by atoms with Gasteiger partial charge in [0.2, 0.25) is 0 Å². The van der Waals surface area contributed by atoms with E-state index in [2.05, 4.69) is 5.32 Å². The first-order valence-electron chi connectivity index (χ1n) is 5.54. The molecule has 2 rings (SSSR count). The standard InChI is InChI=1S/C14H12F3N/c15-12-3-1-2-10(6-12)8-18-9-11-4-5-13(16)7-14(11)17/h1-7,18H,8-9H2. The van der Waals surface area contributed by atoms with Gasteiger partial charge in [0.25, 0.3) is 0 Å². The van der Waals surface area contributed by atoms with Gasteiger partial charge in [-0.1, -0.05) is 18.2 Å². The Bertz CT molecular complexity index is 540. The Morgan fingerprint density at radius 3 is 2.33 bits per heavy atom. The molecule has 18 heavy (non-hydrogen) atoms. The Balaban J connectivity index is 1.92. The zero-order valence-electron chi connectivity index (χ0n) is 9.59. The Labute approximate surface area is 103 Å². The Kier molecular flexibility index (Phi) is 3.99.